The summed E-state index contributed by atoms with van der Waals surface area (Å²) in [7, 11) is 0. The summed E-state index contributed by atoms with van der Waals surface area (Å²) < 4.78 is 0. The molecule has 0 aliphatic heterocycles. The first-order valence-electron chi connectivity index (χ1n) is 7.60. The van der Waals surface area contributed by atoms with Crippen molar-refractivity contribution >= 4 is 21.8 Å². The highest BCUT2D eigenvalue weighted by atomic mass is 14.9. The molecule has 0 radical (unpaired) electrons. The zero-order valence-electron chi connectivity index (χ0n) is 11.8. The van der Waals surface area contributed by atoms with E-state index in [0.29, 0.717) is 6.04 Å². The summed E-state index contributed by atoms with van der Waals surface area (Å²) in [4.78, 5) is 3.50. The highest BCUT2D eigenvalue weighted by molar-refractivity contribution is 6.07. The Hall–Kier alpha value is -1.80. The topological polar surface area (TPSA) is 27.8 Å². The van der Waals surface area contributed by atoms with Gasteiger partial charge in [-0.3, -0.25) is 0 Å². The Kier molecular flexibility index (Phi) is 2.78. The van der Waals surface area contributed by atoms with E-state index < -0.39 is 0 Å². The van der Waals surface area contributed by atoms with Gasteiger partial charge in [-0.1, -0.05) is 31.2 Å². The zero-order chi connectivity index (χ0) is 13.5. The molecule has 0 amide bonds. The predicted molar refractivity (Wildman–Crippen MR) is 84.9 cm³/mol. The molecular formula is C18H20N2. The Morgan fingerprint density at radius 2 is 1.90 bits per heavy atom. The number of aromatic nitrogens is 1. The first-order chi connectivity index (χ1) is 9.86. The third-order valence-corrected chi connectivity index (χ3v) is 4.41. The summed E-state index contributed by atoms with van der Waals surface area (Å²) >= 11 is 0. The molecule has 2 nitrogen and oxygen atoms in total. The van der Waals surface area contributed by atoms with E-state index in [4.69, 9.17) is 0 Å². The molecule has 0 saturated heterocycles. The summed E-state index contributed by atoms with van der Waals surface area (Å²) in [6.07, 6.45) is 2.73. The summed E-state index contributed by atoms with van der Waals surface area (Å²) in [6, 6.07) is 16.0. The summed E-state index contributed by atoms with van der Waals surface area (Å²) in [5.74, 6) is 0.831. The Labute approximate surface area is 119 Å². The van der Waals surface area contributed by atoms with Gasteiger partial charge in [0, 0.05) is 27.8 Å². The number of hydrogen-bond donors (Lipinski definition) is 2. The van der Waals surface area contributed by atoms with Crippen molar-refractivity contribution in [1.82, 2.24) is 10.3 Å². The highest BCUT2D eigenvalue weighted by Gasteiger charge is 2.31. The average Bonchev–Trinajstić information content (AvgIpc) is 3.25. The number of benzene rings is 2. The largest absolute Gasteiger partial charge is 0.355 e. The molecule has 3 aromatic rings. The second-order valence-electron chi connectivity index (χ2n) is 5.85. The maximum absolute atomic E-state index is 3.66. The quantitative estimate of drug-likeness (QED) is 0.719. The second kappa shape index (κ2) is 4.64. The fourth-order valence-electron chi connectivity index (χ4n) is 3.27. The van der Waals surface area contributed by atoms with Crippen LogP contribution < -0.4 is 5.32 Å². The van der Waals surface area contributed by atoms with Crippen LogP contribution in [-0.2, 0) is 0 Å². The number of fused-ring (bicyclic) bond motifs is 3. The molecular weight excluding hydrogens is 244 g/mol. The summed E-state index contributed by atoms with van der Waals surface area (Å²) in [5, 5.41) is 6.33. The lowest BCUT2D eigenvalue weighted by Gasteiger charge is -2.17. The van der Waals surface area contributed by atoms with E-state index in [9.17, 15) is 0 Å². The molecule has 1 fully saturated rings. The minimum absolute atomic E-state index is 0.526. The van der Waals surface area contributed by atoms with Crippen molar-refractivity contribution in [2.75, 3.05) is 6.54 Å². The van der Waals surface area contributed by atoms with Crippen molar-refractivity contribution in [1.29, 1.82) is 0 Å². The molecule has 1 heterocycles. The van der Waals surface area contributed by atoms with Crippen molar-refractivity contribution in [3.63, 3.8) is 0 Å². The lowest BCUT2D eigenvalue weighted by Crippen LogP contribution is -2.22. The monoisotopic (exact) mass is 264 g/mol. The van der Waals surface area contributed by atoms with E-state index in [0.717, 1.165) is 12.5 Å². The van der Waals surface area contributed by atoms with Gasteiger partial charge in [0.05, 0.1) is 0 Å². The van der Waals surface area contributed by atoms with Gasteiger partial charge < -0.3 is 10.3 Å². The number of para-hydroxylation sites is 1. The number of hydrogen-bond acceptors (Lipinski definition) is 1. The predicted octanol–water partition coefficient (Wildman–Crippen LogP) is 4.38. The third-order valence-electron chi connectivity index (χ3n) is 4.41. The van der Waals surface area contributed by atoms with Crippen LogP contribution in [0.15, 0.2) is 42.5 Å². The average molecular weight is 264 g/mol. The Morgan fingerprint density at radius 1 is 1.10 bits per heavy atom. The van der Waals surface area contributed by atoms with Gasteiger partial charge in [-0.25, -0.2) is 0 Å². The maximum atomic E-state index is 3.66. The normalized spacial score (nSPS) is 16.9. The molecule has 1 saturated carbocycles. The number of rotatable bonds is 4. The van der Waals surface area contributed by atoms with E-state index in [2.05, 4.69) is 59.7 Å². The third kappa shape index (κ3) is 1.92. The maximum Gasteiger partial charge on any atom is 0.0465 e. The van der Waals surface area contributed by atoms with Gasteiger partial charge in [0.1, 0.15) is 0 Å². The van der Waals surface area contributed by atoms with Crippen LogP contribution >= 0.6 is 0 Å². The van der Waals surface area contributed by atoms with Crippen LogP contribution in [0.25, 0.3) is 21.8 Å². The van der Waals surface area contributed by atoms with Crippen LogP contribution in [0.2, 0.25) is 0 Å². The van der Waals surface area contributed by atoms with Crippen molar-refractivity contribution in [2.24, 2.45) is 5.92 Å². The number of H-pyrrole nitrogens is 1. The minimum Gasteiger partial charge on any atom is -0.355 e. The first-order valence-corrected chi connectivity index (χ1v) is 7.60. The molecule has 0 bridgehead atoms. The van der Waals surface area contributed by atoms with Crippen LogP contribution in [-0.4, -0.2) is 11.5 Å². The molecule has 2 heteroatoms. The molecule has 1 atom stereocenters. The molecule has 2 N–H and O–H groups in total. The Bertz CT molecular complexity index is 752. The van der Waals surface area contributed by atoms with E-state index >= 15 is 0 Å². The number of aromatic amines is 1. The molecule has 4 rings (SSSR count). The van der Waals surface area contributed by atoms with Crippen LogP contribution in [0, 0.1) is 5.92 Å². The molecule has 102 valence electrons. The van der Waals surface area contributed by atoms with E-state index in [1.54, 1.807) is 0 Å². The van der Waals surface area contributed by atoms with Crippen LogP contribution in [0.5, 0.6) is 0 Å². The van der Waals surface area contributed by atoms with Gasteiger partial charge in [0.25, 0.3) is 0 Å². The van der Waals surface area contributed by atoms with Gasteiger partial charge in [0.15, 0.2) is 0 Å². The lowest BCUT2D eigenvalue weighted by atomic mass is 10.00. The number of nitrogens with one attached hydrogen (secondary N) is 2. The van der Waals surface area contributed by atoms with Crippen molar-refractivity contribution in [2.45, 2.75) is 25.8 Å². The van der Waals surface area contributed by atoms with Gasteiger partial charge in [-0.05, 0) is 49.1 Å². The Balaban J connectivity index is 1.86. The molecule has 1 unspecified atom stereocenters. The molecule has 1 aliphatic rings. The van der Waals surface area contributed by atoms with Crippen LogP contribution in [0.3, 0.4) is 0 Å². The standard InChI is InChI=1S/C18H20N2/c1-2-19-18(12-7-8-12)13-9-10-17-15(11-13)14-5-3-4-6-16(14)20-17/h3-6,9-12,18-20H,2,7-8H2,1H3. The van der Waals surface area contributed by atoms with Crippen LogP contribution in [0.4, 0.5) is 0 Å². The van der Waals surface area contributed by atoms with Crippen LogP contribution in [0.1, 0.15) is 31.4 Å². The lowest BCUT2D eigenvalue weighted by molar-refractivity contribution is 0.496. The smallest absolute Gasteiger partial charge is 0.0465 e. The van der Waals surface area contributed by atoms with Gasteiger partial charge >= 0.3 is 0 Å². The van der Waals surface area contributed by atoms with Gasteiger partial charge in [-0.2, -0.15) is 0 Å². The summed E-state index contributed by atoms with van der Waals surface area (Å²) in [5.41, 5.74) is 3.90. The summed E-state index contributed by atoms with van der Waals surface area (Å²) in [6.45, 7) is 3.23. The van der Waals surface area contributed by atoms with Crippen molar-refractivity contribution in [3.8, 4) is 0 Å². The SMILES string of the molecule is CCNC(c1ccc2[nH]c3ccccc3c2c1)C1CC1. The zero-order valence-corrected chi connectivity index (χ0v) is 11.8. The molecule has 0 spiro atoms. The van der Waals surface area contributed by atoms with E-state index in [1.807, 2.05) is 0 Å². The van der Waals surface area contributed by atoms with E-state index in [1.165, 1.54) is 40.2 Å². The van der Waals surface area contributed by atoms with Crippen molar-refractivity contribution < 1.29 is 0 Å². The van der Waals surface area contributed by atoms with Gasteiger partial charge in [0.2, 0.25) is 0 Å². The molecule has 1 aromatic heterocycles. The van der Waals surface area contributed by atoms with Crippen molar-refractivity contribution in [3.05, 3.63) is 48.0 Å². The molecule has 1 aliphatic carbocycles. The second-order valence-corrected chi connectivity index (χ2v) is 5.85. The highest BCUT2D eigenvalue weighted by Crippen LogP contribution is 2.41. The first kappa shape index (κ1) is 12.0. The fraction of sp³-hybridized carbons (Fsp3) is 0.333. The fourth-order valence-corrected chi connectivity index (χ4v) is 3.27. The molecule has 20 heavy (non-hydrogen) atoms. The van der Waals surface area contributed by atoms with E-state index in [-0.39, 0.29) is 0 Å². The minimum atomic E-state index is 0.526. The molecule has 2 aromatic carbocycles. The Morgan fingerprint density at radius 3 is 2.70 bits per heavy atom. The van der Waals surface area contributed by atoms with Gasteiger partial charge in [-0.15, -0.1) is 0 Å².